The zero-order chi connectivity index (χ0) is 19.3. The Labute approximate surface area is 168 Å². The number of pyridine rings is 1. The lowest BCUT2D eigenvalue weighted by Crippen LogP contribution is -2.39. The maximum absolute atomic E-state index is 12.8. The standard InChI is InChI=1S/C21H23N5OS/c1-2-19-24-25-21(28-19)23-18-12-6-11-17(22-18)16-10-7-13-26(14-16)20(27)15-8-4-3-5-9-15/h3-6,8-9,11-12,16H,2,7,10,13-14H2,1H3,(H,22,23,25)/t16-/m0/s1. The number of carbonyl (C=O) groups excluding carboxylic acids is 1. The Balaban J connectivity index is 1.47. The maximum atomic E-state index is 12.8. The van der Waals surface area contributed by atoms with Gasteiger partial charge in [-0.2, -0.15) is 0 Å². The van der Waals surface area contributed by atoms with Crippen LogP contribution in [0.15, 0.2) is 48.5 Å². The molecule has 28 heavy (non-hydrogen) atoms. The number of nitrogens with zero attached hydrogens (tertiary/aromatic N) is 4. The van der Waals surface area contributed by atoms with E-state index in [1.165, 1.54) is 0 Å². The lowest BCUT2D eigenvalue weighted by Gasteiger charge is -2.32. The molecule has 0 unspecified atom stereocenters. The molecule has 0 spiro atoms. The van der Waals surface area contributed by atoms with E-state index in [1.807, 2.05) is 53.4 Å². The van der Waals surface area contributed by atoms with Gasteiger partial charge in [-0.25, -0.2) is 4.98 Å². The average Bonchev–Trinajstić information content (AvgIpc) is 3.21. The molecular weight excluding hydrogens is 370 g/mol. The molecule has 3 heterocycles. The Hall–Kier alpha value is -2.80. The smallest absolute Gasteiger partial charge is 0.253 e. The number of aromatic nitrogens is 3. The third kappa shape index (κ3) is 4.20. The summed E-state index contributed by atoms with van der Waals surface area (Å²) in [5.41, 5.74) is 1.75. The molecule has 1 saturated heterocycles. The maximum Gasteiger partial charge on any atom is 0.253 e. The fraction of sp³-hybridized carbons (Fsp3) is 0.333. The zero-order valence-electron chi connectivity index (χ0n) is 15.8. The number of hydrogen-bond acceptors (Lipinski definition) is 6. The zero-order valence-corrected chi connectivity index (χ0v) is 16.7. The van der Waals surface area contributed by atoms with Crippen LogP contribution in [0.25, 0.3) is 0 Å². The van der Waals surface area contributed by atoms with E-state index in [4.69, 9.17) is 4.98 Å². The van der Waals surface area contributed by atoms with Crippen molar-refractivity contribution in [3.63, 3.8) is 0 Å². The van der Waals surface area contributed by atoms with Crippen molar-refractivity contribution in [2.45, 2.75) is 32.1 Å². The summed E-state index contributed by atoms with van der Waals surface area (Å²) in [5, 5.41) is 13.3. The molecule has 0 aliphatic carbocycles. The van der Waals surface area contributed by atoms with E-state index in [2.05, 4.69) is 22.4 Å². The first-order valence-electron chi connectivity index (χ1n) is 9.63. The van der Waals surface area contributed by atoms with Gasteiger partial charge in [0.15, 0.2) is 0 Å². The average molecular weight is 394 g/mol. The van der Waals surface area contributed by atoms with Crippen LogP contribution in [-0.4, -0.2) is 39.1 Å². The lowest BCUT2D eigenvalue weighted by atomic mass is 9.93. The first-order valence-corrected chi connectivity index (χ1v) is 10.4. The van der Waals surface area contributed by atoms with Gasteiger partial charge < -0.3 is 10.2 Å². The monoisotopic (exact) mass is 393 g/mol. The van der Waals surface area contributed by atoms with Crippen molar-refractivity contribution in [1.29, 1.82) is 0 Å². The summed E-state index contributed by atoms with van der Waals surface area (Å²) < 4.78 is 0. The van der Waals surface area contributed by atoms with Gasteiger partial charge >= 0.3 is 0 Å². The van der Waals surface area contributed by atoms with Crippen molar-refractivity contribution in [2.75, 3.05) is 18.4 Å². The number of aryl methyl sites for hydroxylation is 1. The molecule has 0 saturated carbocycles. The van der Waals surface area contributed by atoms with Gasteiger partial charge in [0.25, 0.3) is 5.91 Å². The molecule has 1 fully saturated rings. The first kappa shape index (κ1) is 18.6. The molecule has 1 N–H and O–H groups in total. The van der Waals surface area contributed by atoms with Crippen LogP contribution in [0.1, 0.15) is 46.7 Å². The Morgan fingerprint density at radius 3 is 2.82 bits per heavy atom. The Kier molecular flexibility index (Phi) is 5.62. The van der Waals surface area contributed by atoms with Gasteiger partial charge in [0.2, 0.25) is 5.13 Å². The Morgan fingerprint density at radius 2 is 2.04 bits per heavy atom. The van der Waals surface area contributed by atoms with E-state index >= 15 is 0 Å². The highest BCUT2D eigenvalue weighted by atomic mass is 32.1. The molecule has 2 aromatic heterocycles. The number of benzene rings is 1. The van der Waals surface area contributed by atoms with Crippen molar-refractivity contribution in [2.24, 2.45) is 0 Å². The van der Waals surface area contributed by atoms with Crippen molar-refractivity contribution >= 4 is 28.2 Å². The molecule has 6 nitrogen and oxygen atoms in total. The molecule has 0 radical (unpaired) electrons. The SMILES string of the molecule is CCc1nnc(Nc2cccc([C@H]3CCCN(C(=O)c4ccccc4)C3)n2)s1. The third-order valence-electron chi connectivity index (χ3n) is 4.92. The number of anilines is 2. The van der Waals surface area contributed by atoms with Crippen molar-refractivity contribution < 1.29 is 4.79 Å². The summed E-state index contributed by atoms with van der Waals surface area (Å²) in [5.74, 6) is 1.10. The summed E-state index contributed by atoms with van der Waals surface area (Å²) in [4.78, 5) is 19.5. The highest BCUT2D eigenvalue weighted by Crippen LogP contribution is 2.28. The fourth-order valence-electron chi connectivity index (χ4n) is 3.47. The van der Waals surface area contributed by atoms with Crippen LogP contribution in [0.5, 0.6) is 0 Å². The number of piperidine rings is 1. The highest BCUT2D eigenvalue weighted by molar-refractivity contribution is 7.15. The highest BCUT2D eigenvalue weighted by Gasteiger charge is 2.26. The van der Waals surface area contributed by atoms with Gasteiger partial charge in [0.1, 0.15) is 10.8 Å². The molecule has 4 rings (SSSR count). The quantitative estimate of drug-likeness (QED) is 0.701. The molecule has 144 valence electrons. The van der Waals surface area contributed by atoms with Crippen LogP contribution in [0, 0.1) is 0 Å². The number of hydrogen-bond donors (Lipinski definition) is 1. The predicted molar refractivity (Wildman–Crippen MR) is 111 cm³/mol. The van der Waals surface area contributed by atoms with Gasteiger partial charge in [-0.3, -0.25) is 4.79 Å². The van der Waals surface area contributed by atoms with Gasteiger partial charge in [0.05, 0.1) is 0 Å². The van der Waals surface area contributed by atoms with E-state index < -0.39 is 0 Å². The first-order chi connectivity index (χ1) is 13.7. The van der Waals surface area contributed by atoms with Gasteiger partial charge in [-0.05, 0) is 43.5 Å². The van der Waals surface area contributed by atoms with Gasteiger partial charge in [-0.15, -0.1) is 10.2 Å². The van der Waals surface area contributed by atoms with Crippen LogP contribution in [0.2, 0.25) is 0 Å². The molecule has 3 aromatic rings. The number of carbonyl (C=O) groups is 1. The van der Waals surface area contributed by atoms with E-state index in [0.29, 0.717) is 6.54 Å². The summed E-state index contributed by atoms with van der Waals surface area (Å²) in [6.07, 6.45) is 2.90. The fourth-order valence-corrected chi connectivity index (χ4v) is 4.16. The molecular formula is C21H23N5OS. The van der Waals surface area contributed by atoms with Crippen LogP contribution < -0.4 is 5.32 Å². The predicted octanol–water partition coefficient (Wildman–Crippen LogP) is 4.26. The van der Waals surface area contributed by atoms with E-state index in [1.54, 1.807) is 11.3 Å². The largest absolute Gasteiger partial charge is 0.338 e. The molecule has 1 aliphatic heterocycles. The van der Waals surface area contributed by atoms with Crippen molar-refractivity contribution in [3.8, 4) is 0 Å². The Bertz CT molecular complexity index is 943. The second kappa shape index (κ2) is 8.48. The lowest BCUT2D eigenvalue weighted by molar-refractivity contribution is 0.0706. The molecule has 7 heteroatoms. The summed E-state index contributed by atoms with van der Waals surface area (Å²) in [6, 6.07) is 15.5. The van der Waals surface area contributed by atoms with Crippen LogP contribution >= 0.6 is 11.3 Å². The molecule has 1 aliphatic rings. The van der Waals surface area contributed by atoms with Crippen LogP contribution in [-0.2, 0) is 6.42 Å². The number of rotatable bonds is 5. The van der Waals surface area contributed by atoms with Crippen LogP contribution in [0.3, 0.4) is 0 Å². The summed E-state index contributed by atoms with van der Waals surface area (Å²) in [7, 11) is 0. The number of nitrogens with one attached hydrogen (secondary N) is 1. The van der Waals surface area contributed by atoms with Crippen molar-refractivity contribution in [1.82, 2.24) is 20.1 Å². The second-order valence-corrected chi connectivity index (χ2v) is 7.95. The van der Waals surface area contributed by atoms with Crippen LogP contribution in [0.4, 0.5) is 10.9 Å². The van der Waals surface area contributed by atoms with E-state index in [9.17, 15) is 4.79 Å². The van der Waals surface area contributed by atoms with Gasteiger partial charge in [-0.1, -0.05) is 42.5 Å². The molecule has 1 atom stereocenters. The van der Waals surface area contributed by atoms with Gasteiger partial charge in [0, 0.05) is 30.3 Å². The molecule has 0 bridgehead atoms. The van der Waals surface area contributed by atoms with Crippen molar-refractivity contribution in [3.05, 3.63) is 64.8 Å². The minimum Gasteiger partial charge on any atom is -0.338 e. The summed E-state index contributed by atoms with van der Waals surface area (Å²) >= 11 is 1.54. The number of amides is 1. The molecule has 1 amide bonds. The normalized spacial score (nSPS) is 16.8. The summed E-state index contributed by atoms with van der Waals surface area (Å²) in [6.45, 7) is 3.56. The molecule has 1 aromatic carbocycles. The second-order valence-electron chi connectivity index (χ2n) is 6.88. The topological polar surface area (TPSA) is 71.0 Å². The minimum atomic E-state index is 0.0977. The number of likely N-dealkylation sites (tertiary alicyclic amines) is 1. The Morgan fingerprint density at radius 1 is 1.18 bits per heavy atom. The van der Waals surface area contributed by atoms with E-state index in [-0.39, 0.29) is 11.8 Å². The van der Waals surface area contributed by atoms with E-state index in [0.717, 1.165) is 53.0 Å². The minimum absolute atomic E-state index is 0.0977. The third-order valence-corrected chi connectivity index (χ3v) is 5.91.